The largest absolute Gasteiger partial charge is 0.394 e. The van der Waals surface area contributed by atoms with Crippen LogP contribution in [0.25, 0.3) is 5.82 Å². The van der Waals surface area contributed by atoms with E-state index in [0.717, 1.165) is 16.0 Å². The first-order chi connectivity index (χ1) is 7.50. The van der Waals surface area contributed by atoms with Crippen molar-refractivity contribution in [1.82, 2.24) is 19.6 Å². The van der Waals surface area contributed by atoms with E-state index in [9.17, 15) is 0 Å². The van der Waals surface area contributed by atoms with Gasteiger partial charge >= 0.3 is 0 Å². The number of aryl methyl sites for hydroxylation is 1. The smallest absolute Gasteiger partial charge is 0.175 e. The summed E-state index contributed by atoms with van der Waals surface area (Å²) >= 11 is 3.36. The Balaban J connectivity index is 2.57. The monoisotopic (exact) mass is 283 g/mol. The second kappa shape index (κ2) is 3.93. The molecule has 0 fully saturated rings. The SMILES string of the molecule is CC(C)c1nn(C)c(-n2cc(Br)cn2)c1N. The van der Waals surface area contributed by atoms with E-state index >= 15 is 0 Å². The molecule has 0 aromatic carbocycles. The molecule has 2 heterocycles. The van der Waals surface area contributed by atoms with Gasteiger partial charge < -0.3 is 5.73 Å². The Morgan fingerprint density at radius 3 is 2.56 bits per heavy atom. The third-order valence-corrected chi connectivity index (χ3v) is 2.81. The van der Waals surface area contributed by atoms with Crippen LogP contribution in [0.2, 0.25) is 0 Å². The lowest BCUT2D eigenvalue weighted by atomic mass is 10.1. The molecule has 2 N–H and O–H groups in total. The second-order valence-corrected chi connectivity index (χ2v) is 4.92. The van der Waals surface area contributed by atoms with Crippen molar-refractivity contribution in [2.45, 2.75) is 19.8 Å². The van der Waals surface area contributed by atoms with E-state index in [1.807, 2.05) is 13.2 Å². The van der Waals surface area contributed by atoms with Crippen LogP contribution >= 0.6 is 15.9 Å². The van der Waals surface area contributed by atoms with Gasteiger partial charge in [0.1, 0.15) is 5.69 Å². The summed E-state index contributed by atoms with van der Waals surface area (Å²) in [4.78, 5) is 0. The predicted molar refractivity (Wildman–Crippen MR) is 66.5 cm³/mol. The first kappa shape index (κ1) is 11.2. The molecule has 0 unspecified atom stereocenters. The van der Waals surface area contributed by atoms with E-state index in [1.165, 1.54) is 0 Å². The lowest BCUT2D eigenvalue weighted by Gasteiger charge is -2.03. The average molecular weight is 284 g/mol. The maximum atomic E-state index is 6.09. The molecule has 0 saturated carbocycles. The highest BCUT2D eigenvalue weighted by Gasteiger charge is 2.17. The van der Waals surface area contributed by atoms with Gasteiger partial charge in [-0.3, -0.25) is 0 Å². The first-order valence-corrected chi connectivity index (χ1v) is 5.83. The lowest BCUT2D eigenvalue weighted by molar-refractivity contribution is 0.676. The molecule has 6 heteroatoms. The van der Waals surface area contributed by atoms with Crippen molar-refractivity contribution in [3.63, 3.8) is 0 Å². The molecule has 16 heavy (non-hydrogen) atoms. The molecule has 5 nitrogen and oxygen atoms in total. The fraction of sp³-hybridized carbons (Fsp3) is 0.400. The van der Waals surface area contributed by atoms with Gasteiger partial charge in [0.05, 0.1) is 16.4 Å². The summed E-state index contributed by atoms with van der Waals surface area (Å²) in [7, 11) is 1.87. The first-order valence-electron chi connectivity index (χ1n) is 5.03. The van der Waals surface area contributed by atoms with Crippen LogP contribution in [0.15, 0.2) is 16.9 Å². The number of nitrogen functional groups attached to an aromatic ring is 1. The number of rotatable bonds is 2. The fourth-order valence-electron chi connectivity index (χ4n) is 1.67. The Morgan fingerprint density at radius 1 is 1.44 bits per heavy atom. The number of hydrogen-bond donors (Lipinski definition) is 1. The Morgan fingerprint density at radius 2 is 2.12 bits per heavy atom. The molecule has 0 saturated heterocycles. The normalized spacial score (nSPS) is 11.3. The highest BCUT2D eigenvalue weighted by Crippen LogP contribution is 2.26. The summed E-state index contributed by atoms with van der Waals surface area (Å²) in [5.74, 6) is 1.10. The van der Waals surface area contributed by atoms with Gasteiger partial charge in [-0.15, -0.1) is 0 Å². The molecular formula is C10H14BrN5. The molecule has 0 atom stereocenters. The number of nitrogens with zero attached hydrogens (tertiary/aromatic N) is 4. The van der Waals surface area contributed by atoms with Gasteiger partial charge in [0.2, 0.25) is 0 Å². The summed E-state index contributed by atoms with van der Waals surface area (Å²) in [6.07, 6.45) is 3.58. The molecule has 0 aliphatic carbocycles. The Kier molecular flexibility index (Phi) is 2.75. The van der Waals surface area contributed by atoms with E-state index in [0.29, 0.717) is 11.6 Å². The van der Waals surface area contributed by atoms with Crippen LogP contribution in [0.3, 0.4) is 0 Å². The van der Waals surface area contributed by atoms with Crippen molar-refractivity contribution in [2.75, 3.05) is 5.73 Å². The Labute approximate surface area is 102 Å². The van der Waals surface area contributed by atoms with E-state index in [1.54, 1.807) is 15.6 Å². The van der Waals surface area contributed by atoms with Gasteiger partial charge in [-0.05, 0) is 21.8 Å². The molecule has 0 aliphatic heterocycles. The maximum Gasteiger partial charge on any atom is 0.175 e. The van der Waals surface area contributed by atoms with Crippen molar-refractivity contribution >= 4 is 21.6 Å². The average Bonchev–Trinajstić information content (AvgIpc) is 2.71. The molecule has 2 aromatic rings. The van der Waals surface area contributed by atoms with Gasteiger partial charge in [-0.25, -0.2) is 9.36 Å². The van der Waals surface area contributed by atoms with Gasteiger partial charge in [0.25, 0.3) is 0 Å². The number of hydrogen-bond acceptors (Lipinski definition) is 3. The summed E-state index contributed by atoms with van der Waals surface area (Å²) in [5.41, 5.74) is 7.68. The topological polar surface area (TPSA) is 61.7 Å². The van der Waals surface area contributed by atoms with E-state index in [4.69, 9.17) is 5.73 Å². The van der Waals surface area contributed by atoms with Crippen LogP contribution in [0.4, 0.5) is 5.69 Å². The third-order valence-electron chi connectivity index (χ3n) is 2.40. The van der Waals surface area contributed by atoms with Crippen molar-refractivity contribution in [3.8, 4) is 5.82 Å². The highest BCUT2D eigenvalue weighted by atomic mass is 79.9. The van der Waals surface area contributed by atoms with Gasteiger partial charge in [0, 0.05) is 13.2 Å². The summed E-state index contributed by atoms with van der Waals surface area (Å²) in [6, 6.07) is 0. The van der Waals surface area contributed by atoms with Gasteiger partial charge in [-0.1, -0.05) is 13.8 Å². The second-order valence-electron chi connectivity index (χ2n) is 4.00. The molecule has 2 aromatic heterocycles. The number of nitrogens with two attached hydrogens (primary N) is 1. The Hall–Kier alpha value is -1.30. The molecule has 86 valence electrons. The van der Waals surface area contributed by atoms with Gasteiger partial charge in [-0.2, -0.15) is 10.2 Å². The standard InChI is InChI=1S/C10H14BrN5/c1-6(2)9-8(12)10(15(3)14-9)16-5-7(11)4-13-16/h4-6H,12H2,1-3H3. The number of aromatic nitrogens is 4. The van der Waals surface area contributed by atoms with Crippen molar-refractivity contribution in [3.05, 3.63) is 22.6 Å². The van der Waals surface area contributed by atoms with E-state index in [2.05, 4.69) is 40.0 Å². The zero-order valence-corrected chi connectivity index (χ0v) is 11.1. The van der Waals surface area contributed by atoms with Gasteiger partial charge in [0.15, 0.2) is 5.82 Å². The minimum atomic E-state index is 0.305. The zero-order chi connectivity index (χ0) is 11.9. The maximum absolute atomic E-state index is 6.09. The minimum absolute atomic E-state index is 0.305. The van der Waals surface area contributed by atoms with Crippen molar-refractivity contribution in [1.29, 1.82) is 0 Å². The fourth-order valence-corrected chi connectivity index (χ4v) is 1.95. The molecular weight excluding hydrogens is 270 g/mol. The molecule has 0 bridgehead atoms. The van der Waals surface area contributed by atoms with Crippen LogP contribution < -0.4 is 5.73 Å². The molecule has 2 rings (SSSR count). The number of halogens is 1. The Bertz CT molecular complexity index is 511. The van der Waals surface area contributed by atoms with Crippen LogP contribution in [0.1, 0.15) is 25.5 Å². The highest BCUT2D eigenvalue weighted by molar-refractivity contribution is 9.10. The summed E-state index contributed by atoms with van der Waals surface area (Å²) < 4.78 is 4.39. The molecule has 0 radical (unpaired) electrons. The summed E-state index contributed by atoms with van der Waals surface area (Å²) in [6.45, 7) is 4.14. The molecule has 0 aliphatic rings. The van der Waals surface area contributed by atoms with Crippen LogP contribution in [-0.4, -0.2) is 19.6 Å². The molecule has 0 spiro atoms. The van der Waals surface area contributed by atoms with Crippen LogP contribution in [0, 0.1) is 0 Å². The summed E-state index contributed by atoms with van der Waals surface area (Å²) in [5, 5.41) is 8.62. The van der Waals surface area contributed by atoms with Crippen LogP contribution in [0.5, 0.6) is 0 Å². The van der Waals surface area contributed by atoms with E-state index in [-0.39, 0.29) is 0 Å². The quantitative estimate of drug-likeness (QED) is 0.918. The number of anilines is 1. The zero-order valence-electron chi connectivity index (χ0n) is 9.48. The molecule has 0 amide bonds. The minimum Gasteiger partial charge on any atom is -0.394 e. The predicted octanol–water partition coefficient (Wildman–Crippen LogP) is 2.07. The van der Waals surface area contributed by atoms with Crippen molar-refractivity contribution < 1.29 is 0 Å². The third kappa shape index (κ3) is 1.73. The lowest BCUT2D eigenvalue weighted by Crippen LogP contribution is -2.05. The van der Waals surface area contributed by atoms with E-state index < -0.39 is 0 Å². The van der Waals surface area contributed by atoms with Crippen molar-refractivity contribution in [2.24, 2.45) is 7.05 Å². The van der Waals surface area contributed by atoms with Crippen LogP contribution in [-0.2, 0) is 7.05 Å².